The van der Waals surface area contributed by atoms with Gasteiger partial charge in [0.1, 0.15) is 5.82 Å². The summed E-state index contributed by atoms with van der Waals surface area (Å²) in [5.74, 6) is 1.01. The van der Waals surface area contributed by atoms with E-state index in [1.165, 1.54) is 0 Å². The lowest BCUT2D eigenvalue weighted by molar-refractivity contribution is 0.122. The Morgan fingerprint density at radius 2 is 2.20 bits per heavy atom. The Balaban J connectivity index is 2.25. The Kier molecular flexibility index (Phi) is 3.18. The molecule has 1 aliphatic rings. The van der Waals surface area contributed by atoms with Gasteiger partial charge in [-0.1, -0.05) is 6.07 Å². The SMILES string of the molecule is CC(N)c1cccnc1N1CCOCC1. The number of hydrogen-bond donors (Lipinski definition) is 1. The van der Waals surface area contributed by atoms with Crippen LogP contribution in [-0.2, 0) is 4.74 Å². The molecule has 1 saturated heterocycles. The van der Waals surface area contributed by atoms with Crippen molar-refractivity contribution in [2.75, 3.05) is 31.2 Å². The molecule has 0 spiro atoms. The zero-order chi connectivity index (χ0) is 10.7. The molecule has 0 bridgehead atoms. The third kappa shape index (κ3) is 2.27. The molecular weight excluding hydrogens is 190 g/mol. The first-order valence-corrected chi connectivity index (χ1v) is 5.32. The topological polar surface area (TPSA) is 51.4 Å². The van der Waals surface area contributed by atoms with Crippen LogP contribution in [0.15, 0.2) is 18.3 Å². The lowest BCUT2D eigenvalue weighted by Gasteiger charge is -2.30. The van der Waals surface area contributed by atoms with Crippen LogP contribution in [0.2, 0.25) is 0 Å². The van der Waals surface area contributed by atoms with Crippen molar-refractivity contribution in [1.82, 2.24) is 4.98 Å². The molecule has 1 fully saturated rings. The largest absolute Gasteiger partial charge is 0.378 e. The highest BCUT2D eigenvalue weighted by Gasteiger charge is 2.16. The summed E-state index contributed by atoms with van der Waals surface area (Å²) in [6, 6.07) is 4.00. The van der Waals surface area contributed by atoms with E-state index >= 15 is 0 Å². The first-order chi connectivity index (χ1) is 7.29. The number of rotatable bonds is 2. The van der Waals surface area contributed by atoms with Gasteiger partial charge in [0.15, 0.2) is 0 Å². The fourth-order valence-electron chi connectivity index (χ4n) is 1.80. The van der Waals surface area contributed by atoms with Crippen LogP contribution in [-0.4, -0.2) is 31.3 Å². The minimum Gasteiger partial charge on any atom is -0.378 e. The van der Waals surface area contributed by atoms with Gasteiger partial charge in [-0.2, -0.15) is 0 Å². The Bertz CT molecular complexity index is 321. The van der Waals surface area contributed by atoms with Crippen molar-refractivity contribution in [2.45, 2.75) is 13.0 Å². The zero-order valence-electron chi connectivity index (χ0n) is 9.02. The van der Waals surface area contributed by atoms with Gasteiger partial charge in [-0.15, -0.1) is 0 Å². The van der Waals surface area contributed by atoms with Crippen molar-refractivity contribution < 1.29 is 4.74 Å². The number of morpholine rings is 1. The van der Waals surface area contributed by atoms with Crippen molar-refractivity contribution in [1.29, 1.82) is 0 Å². The summed E-state index contributed by atoms with van der Waals surface area (Å²) in [6.07, 6.45) is 1.82. The van der Waals surface area contributed by atoms with E-state index in [9.17, 15) is 0 Å². The van der Waals surface area contributed by atoms with Crippen LogP contribution in [0.25, 0.3) is 0 Å². The van der Waals surface area contributed by atoms with Crippen LogP contribution >= 0.6 is 0 Å². The second-order valence-corrected chi connectivity index (χ2v) is 3.80. The molecular formula is C11H17N3O. The van der Waals surface area contributed by atoms with Crippen molar-refractivity contribution >= 4 is 5.82 Å². The summed E-state index contributed by atoms with van der Waals surface area (Å²) < 4.78 is 5.32. The highest BCUT2D eigenvalue weighted by atomic mass is 16.5. The first kappa shape index (κ1) is 10.4. The Labute approximate surface area is 90.0 Å². The average molecular weight is 207 g/mol. The molecule has 2 rings (SSSR count). The highest BCUT2D eigenvalue weighted by Crippen LogP contribution is 2.22. The standard InChI is InChI=1S/C11H17N3O/c1-9(12)10-3-2-4-13-11(10)14-5-7-15-8-6-14/h2-4,9H,5-8,12H2,1H3. The van der Waals surface area contributed by atoms with Gasteiger partial charge in [-0.25, -0.2) is 4.98 Å². The predicted octanol–water partition coefficient (Wildman–Crippen LogP) is 0.938. The summed E-state index contributed by atoms with van der Waals surface area (Å²) in [7, 11) is 0. The number of nitrogens with zero attached hydrogens (tertiary/aromatic N) is 2. The Hall–Kier alpha value is -1.13. The molecule has 1 atom stereocenters. The first-order valence-electron chi connectivity index (χ1n) is 5.32. The van der Waals surface area contributed by atoms with Crippen LogP contribution in [0.5, 0.6) is 0 Å². The number of aromatic nitrogens is 1. The third-order valence-corrected chi connectivity index (χ3v) is 2.62. The van der Waals surface area contributed by atoms with Gasteiger partial charge in [0, 0.05) is 30.9 Å². The molecule has 0 saturated carbocycles. The summed E-state index contributed by atoms with van der Waals surface area (Å²) in [5, 5.41) is 0. The van der Waals surface area contributed by atoms with Crippen LogP contribution < -0.4 is 10.6 Å². The van der Waals surface area contributed by atoms with Gasteiger partial charge in [-0.05, 0) is 13.0 Å². The fourth-order valence-corrected chi connectivity index (χ4v) is 1.80. The molecule has 0 aliphatic carbocycles. The van der Waals surface area contributed by atoms with Gasteiger partial charge in [-0.3, -0.25) is 0 Å². The molecule has 4 heteroatoms. The van der Waals surface area contributed by atoms with E-state index in [2.05, 4.69) is 9.88 Å². The van der Waals surface area contributed by atoms with Gasteiger partial charge < -0.3 is 15.4 Å². The molecule has 82 valence electrons. The molecule has 2 N–H and O–H groups in total. The van der Waals surface area contributed by atoms with E-state index in [1.807, 2.05) is 25.3 Å². The van der Waals surface area contributed by atoms with Gasteiger partial charge in [0.2, 0.25) is 0 Å². The predicted molar refractivity (Wildman–Crippen MR) is 59.9 cm³/mol. The molecule has 0 amide bonds. The monoisotopic (exact) mass is 207 g/mol. The minimum atomic E-state index is 0.0246. The van der Waals surface area contributed by atoms with E-state index in [4.69, 9.17) is 10.5 Å². The lowest BCUT2D eigenvalue weighted by atomic mass is 10.1. The van der Waals surface area contributed by atoms with Crippen LogP contribution in [0.4, 0.5) is 5.82 Å². The summed E-state index contributed by atoms with van der Waals surface area (Å²) in [6.45, 7) is 5.33. The number of hydrogen-bond acceptors (Lipinski definition) is 4. The van der Waals surface area contributed by atoms with E-state index in [-0.39, 0.29) is 6.04 Å². The smallest absolute Gasteiger partial charge is 0.133 e. The van der Waals surface area contributed by atoms with E-state index in [0.717, 1.165) is 37.7 Å². The molecule has 1 aromatic heterocycles. The highest BCUT2D eigenvalue weighted by molar-refractivity contribution is 5.48. The van der Waals surface area contributed by atoms with Gasteiger partial charge in [0.25, 0.3) is 0 Å². The third-order valence-electron chi connectivity index (χ3n) is 2.62. The molecule has 1 unspecified atom stereocenters. The summed E-state index contributed by atoms with van der Waals surface area (Å²) in [5.41, 5.74) is 7.03. The lowest BCUT2D eigenvalue weighted by Crippen LogP contribution is -2.37. The normalized spacial score (nSPS) is 18.9. The van der Waals surface area contributed by atoms with E-state index in [0.29, 0.717) is 0 Å². The number of pyridine rings is 1. The quantitative estimate of drug-likeness (QED) is 0.784. The Morgan fingerprint density at radius 3 is 2.87 bits per heavy atom. The maximum absolute atomic E-state index is 5.92. The summed E-state index contributed by atoms with van der Waals surface area (Å²) >= 11 is 0. The second-order valence-electron chi connectivity index (χ2n) is 3.80. The maximum Gasteiger partial charge on any atom is 0.133 e. The zero-order valence-corrected chi connectivity index (χ0v) is 9.02. The molecule has 0 radical (unpaired) electrons. The molecule has 0 aromatic carbocycles. The van der Waals surface area contributed by atoms with Crippen LogP contribution in [0.1, 0.15) is 18.5 Å². The number of ether oxygens (including phenoxy) is 1. The van der Waals surface area contributed by atoms with E-state index < -0.39 is 0 Å². The molecule has 4 nitrogen and oxygen atoms in total. The van der Waals surface area contributed by atoms with E-state index in [1.54, 1.807) is 0 Å². The van der Waals surface area contributed by atoms with Crippen molar-refractivity contribution in [3.05, 3.63) is 23.9 Å². The second kappa shape index (κ2) is 4.59. The summed E-state index contributed by atoms with van der Waals surface area (Å²) in [4.78, 5) is 6.65. The van der Waals surface area contributed by atoms with Crippen molar-refractivity contribution in [2.24, 2.45) is 5.73 Å². The average Bonchev–Trinajstić information content (AvgIpc) is 2.30. The van der Waals surface area contributed by atoms with Gasteiger partial charge in [0.05, 0.1) is 13.2 Å². The van der Waals surface area contributed by atoms with Gasteiger partial charge >= 0.3 is 0 Å². The number of anilines is 1. The van der Waals surface area contributed by atoms with Crippen molar-refractivity contribution in [3.8, 4) is 0 Å². The van der Waals surface area contributed by atoms with Crippen molar-refractivity contribution in [3.63, 3.8) is 0 Å². The minimum absolute atomic E-state index is 0.0246. The number of nitrogens with two attached hydrogens (primary N) is 1. The van der Waals surface area contributed by atoms with Crippen LogP contribution in [0, 0.1) is 0 Å². The molecule has 1 aromatic rings. The van der Waals surface area contributed by atoms with Crippen LogP contribution in [0.3, 0.4) is 0 Å². The molecule has 2 heterocycles. The fraction of sp³-hybridized carbons (Fsp3) is 0.545. The molecule has 1 aliphatic heterocycles. The Morgan fingerprint density at radius 1 is 1.47 bits per heavy atom. The maximum atomic E-state index is 5.92. The molecule has 15 heavy (non-hydrogen) atoms.